The molecular formula is C48H30N2OS. The molecule has 0 saturated heterocycles. The maximum Gasteiger partial charge on any atom is 0.138 e. The van der Waals surface area contributed by atoms with Crippen LogP contribution in [0.2, 0.25) is 0 Å². The van der Waals surface area contributed by atoms with Gasteiger partial charge < -0.3 is 4.42 Å². The molecule has 3 aromatic heterocycles. The zero-order valence-electron chi connectivity index (χ0n) is 28.1. The van der Waals surface area contributed by atoms with Crippen molar-refractivity contribution in [1.29, 1.82) is 0 Å². The maximum absolute atomic E-state index is 6.63. The number of hydrogen-bond donors (Lipinski definition) is 0. The molecule has 1 aliphatic rings. The maximum atomic E-state index is 6.63. The molecule has 3 nitrogen and oxygen atoms in total. The van der Waals surface area contributed by atoms with E-state index in [4.69, 9.17) is 14.4 Å². The lowest BCUT2D eigenvalue weighted by molar-refractivity contribution is 0.612. The van der Waals surface area contributed by atoms with E-state index < -0.39 is 0 Å². The monoisotopic (exact) mass is 682 g/mol. The van der Waals surface area contributed by atoms with Gasteiger partial charge in [-0.3, -0.25) is 0 Å². The Balaban J connectivity index is 1.07. The first-order valence-corrected chi connectivity index (χ1v) is 18.6. The van der Waals surface area contributed by atoms with Gasteiger partial charge >= 0.3 is 0 Å². The lowest BCUT2D eigenvalue weighted by atomic mass is 9.80. The number of benzene rings is 7. The molecule has 0 saturated carbocycles. The molecule has 10 aromatic rings. The van der Waals surface area contributed by atoms with E-state index in [1.54, 1.807) is 11.3 Å². The van der Waals surface area contributed by atoms with Crippen LogP contribution in [0.5, 0.6) is 0 Å². The number of fused-ring (bicyclic) bond motifs is 9. The van der Waals surface area contributed by atoms with Crippen molar-refractivity contribution in [3.63, 3.8) is 0 Å². The molecule has 1 atom stereocenters. The van der Waals surface area contributed by atoms with Crippen LogP contribution in [0.3, 0.4) is 0 Å². The van der Waals surface area contributed by atoms with E-state index >= 15 is 0 Å². The zero-order valence-corrected chi connectivity index (χ0v) is 28.9. The predicted octanol–water partition coefficient (Wildman–Crippen LogP) is 13.1. The minimum Gasteiger partial charge on any atom is -0.456 e. The summed E-state index contributed by atoms with van der Waals surface area (Å²) >= 11 is 1.78. The minimum atomic E-state index is -0.0384. The van der Waals surface area contributed by atoms with Gasteiger partial charge in [0.05, 0.1) is 15.9 Å². The molecule has 0 spiro atoms. The summed E-state index contributed by atoms with van der Waals surface area (Å²) in [4.78, 5) is 10.9. The zero-order chi connectivity index (χ0) is 34.2. The van der Waals surface area contributed by atoms with Crippen molar-refractivity contribution in [3.05, 3.63) is 181 Å². The molecule has 0 amide bonds. The third kappa shape index (κ3) is 4.65. The highest BCUT2D eigenvalue weighted by Crippen LogP contribution is 2.48. The Kier molecular flexibility index (Phi) is 6.55. The number of rotatable bonds is 4. The summed E-state index contributed by atoms with van der Waals surface area (Å²) in [6, 6.07) is 58.5. The first-order chi connectivity index (χ1) is 25.7. The summed E-state index contributed by atoms with van der Waals surface area (Å²) in [7, 11) is 0. The van der Waals surface area contributed by atoms with Crippen LogP contribution in [-0.2, 0) is 6.42 Å². The molecule has 0 bridgehead atoms. The van der Waals surface area contributed by atoms with E-state index in [0.717, 1.165) is 56.0 Å². The summed E-state index contributed by atoms with van der Waals surface area (Å²) in [5, 5.41) is 4.82. The van der Waals surface area contributed by atoms with Gasteiger partial charge in [-0.25, -0.2) is 9.97 Å². The van der Waals surface area contributed by atoms with Crippen LogP contribution in [0.1, 0.15) is 22.9 Å². The van der Waals surface area contributed by atoms with Gasteiger partial charge in [0.15, 0.2) is 0 Å². The average Bonchev–Trinajstić information content (AvgIpc) is 3.79. The summed E-state index contributed by atoms with van der Waals surface area (Å²) in [6.45, 7) is 0. The second-order valence-electron chi connectivity index (χ2n) is 13.7. The van der Waals surface area contributed by atoms with Gasteiger partial charge in [0.2, 0.25) is 0 Å². The lowest BCUT2D eigenvalue weighted by Gasteiger charge is -2.24. The van der Waals surface area contributed by atoms with Crippen LogP contribution < -0.4 is 0 Å². The van der Waals surface area contributed by atoms with Crippen molar-refractivity contribution in [2.75, 3.05) is 0 Å². The van der Waals surface area contributed by atoms with Crippen molar-refractivity contribution in [2.45, 2.75) is 12.3 Å². The van der Waals surface area contributed by atoms with Crippen LogP contribution in [-0.4, -0.2) is 9.97 Å². The summed E-state index contributed by atoms with van der Waals surface area (Å²) in [5.41, 5.74) is 12.3. The molecule has 0 N–H and O–H groups in total. The SMILES string of the molecule is c1ccc(-c2ccc3oc4c(c3c2)CC(c2nc(-c3ccc(-c5ccc6ccccc6c5)cc3)c3sc5ccccc5c3n2)c2ccccc2-4)cc1. The molecule has 7 aromatic carbocycles. The Morgan fingerprint density at radius 3 is 2.13 bits per heavy atom. The number of nitrogens with zero attached hydrogens (tertiary/aromatic N) is 2. The molecule has 52 heavy (non-hydrogen) atoms. The lowest BCUT2D eigenvalue weighted by Crippen LogP contribution is -2.15. The Morgan fingerprint density at radius 1 is 0.538 bits per heavy atom. The quantitative estimate of drug-likeness (QED) is 0.185. The highest BCUT2D eigenvalue weighted by atomic mass is 32.1. The number of furan rings is 1. The summed E-state index contributed by atoms with van der Waals surface area (Å²) in [5.74, 6) is 1.76. The Labute approximate surface area is 304 Å². The van der Waals surface area contributed by atoms with Gasteiger partial charge in [0, 0.05) is 38.1 Å². The minimum absolute atomic E-state index is 0.0384. The van der Waals surface area contributed by atoms with Crippen molar-refractivity contribution in [2.24, 2.45) is 0 Å². The number of aromatic nitrogens is 2. The standard InChI is InChI=1S/C48H30N2OS/c1-2-10-29(11-3-1)35-24-25-42-39(27-35)40-28-41(36-14-6-7-15-37(36)46(40)51-42)48-49-44(47-45(50-48)38-16-8-9-17-43(38)52-47)32-21-18-31(19-22-32)34-23-20-30-12-4-5-13-33(30)26-34/h1-27,41H,28H2. The molecule has 3 heterocycles. The molecule has 0 aliphatic heterocycles. The second-order valence-corrected chi connectivity index (χ2v) is 14.7. The van der Waals surface area contributed by atoms with Crippen molar-refractivity contribution in [3.8, 4) is 44.8 Å². The fourth-order valence-electron chi connectivity index (χ4n) is 8.08. The number of thiophene rings is 1. The van der Waals surface area contributed by atoms with E-state index in [-0.39, 0.29) is 5.92 Å². The van der Waals surface area contributed by atoms with Gasteiger partial charge in [-0.05, 0) is 69.3 Å². The molecule has 11 rings (SSSR count). The molecule has 0 radical (unpaired) electrons. The highest BCUT2D eigenvalue weighted by molar-refractivity contribution is 7.26. The Hall–Kier alpha value is -6.36. The van der Waals surface area contributed by atoms with Crippen LogP contribution in [0.15, 0.2) is 168 Å². The Bertz CT molecular complexity index is 2990. The van der Waals surface area contributed by atoms with Crippen LogP contribution in [0.25, 0.3) is 86.9 Å². The van der Waals surface area contributed by atoms with Gasteiger partial charge in [-0.2, -0.15) is 0 Å². The normalized spacial score (nSPS) is 13.9. The third-order valence-corrected chi connectivity index (χ3v) is 11.8. The first kappa shape index (κ1) is 29.4. The molecule has 0 fully saturated rings. The van der Waals surface area contributed by atoms with Crippen molar-refractivity contribution < 1.29 is 4.42 Å². The molecule has 1 unspecified atom stereocenters. The Morgan fingerprint density at radius 2 is 1.23 bits per heavy atom. The van der Waals surface area contributed by atoms with Crippen molar-refractivity contribution in [1.82, 2.24) is 9.97 Å². The largest absolute Gasteiger partial charge is 0.456 e. The van der Waals surface area contributed by atoms with Crippen LogP contribution in [0.4, 0.5) is 0 Å². The molecule has 1 aliphatic carbocycles. The van der Waals surface area contributed by atoms with E-state index in [1.165, 1.54) is 54.2 Å². The number of hydrogen-bond acceptors (Lipinski definition) is 4. The highest BCUT2D eigenvalue weighted by Gasteiger charge is 2.33. The smallest absolute Gasteiger partial charge is 0.138 e. The van der Waals surface area contributed by atoms with Crippen LogP contribution >= 0.6 is 11.3 Å². The van der Waals surface area contributed by atoms with E-state index in [0.29, 0.717) is 0 Å². The van der Waals surface area contributed by atoms with Crippen LogP contribution in [0, 0.1) is 0 Å². The second kappa shape index (κ2) is 11.6. The molecule has 4 heteroatoms. The first-order valence-electron chi connectivity index (χ1n) is 17.7. The van der Waals surface area contributed by atoms with Crippen molar-refractivity contribution >= 4 is 53.4 Å². The summed E-state index contributed by atoms with van der Waals surface area (Å²) < 4.78 is 8.97. The van der Waals surface area contributed by atoms with Gasteiger partial charge in [-0.15, -0.1) is 11.3 Å². The third-order valence-electron chi connectivity index (χ3n) is 10.7. The topological polar surface area (TPSA) is 38.9 Å². The summed E-state index contributed by atoms with van der Waals surface area (Å²) in [6.07, 6.45) is 0.755. The van der Waals surface area contributed by atoms with E-state index in [2.05, 4.69) is 164 Å². The predicted molar refractivity (Wildman–Crippen MR) is 216 cm³/mol. The van der Waals surface area contributed by atoms with Gasteiger partial charge in [0.1, 0.15) is 17.2 Å². The van der Waals surface area contributed by atoms with E-state index in [9.17, 15) is 0 Å². The van der Waals surface area contributed by atoms with Gasteiger partial charge in [0.25, 0.3) is 0 Å². The van der Waals surface area contributed by atoms with Gasteiger partial charge in [-0.1, -0.05) is 140 Å². The average molecular weight is 683 g/mol. The molecular weight excluding hydrogens is 653 g/mol. The fraction of sp³-hybridized carbons (Fsp3) is 0.0417. The van der Waals surface area contributed by atoms with E-state index in [1.807, 2.05) is 0 Å². The molecule has 244 valence electrons. The fourth-order valence-corrected chi connectivity index (χ4v) is 9.23.